The highest BCUT2D eigenvalue weighted by Gasteiger charge is 2.23. The highest BCUT2D eigenvalue weighted by atomic mass is 35.7. The second-order valence-corrected chi connectivity index (χ2v) is 8.29. The first-order valence-electron chi connectivity index (χ1n) is 8.70. The molecule has 2 nitrogen and oxygen atoms in total. The summed E-state index contributed by atoms with van der Waals surface area (Å²) < 4.78 is 5.53. The maximum absolute atomic E-state index is 9.45. The molecule has 1 N–H and O–H groups in total. The van der Waals surface area contributed by atoms with Crippen molar-refractivity contribution in [3.05, 3.63) is 29.3 Å². The van der Waals surface area contributed by atoms with E-state index in [2.05, 4.69) is 12.1 Å². The number of hydrogen-bond acceptors (Lipinski definition) is 2. The molecule has 0 radical (unpaired) electrons. The Morgan fingerprint density at radius 3 is 2.09 bits per heavy atom. The fraction of sp³-hybridized carbons (Fsp3) is 0.667. The van der Waals surface area contributed by atoms with Crippen LogP contribution in [0.2, 0.25) is 0 Å². The lowest BCUT2D eigenvalue weighted by molar-refractivity contribution is 0.425. The highest BCUT2D eigenvalue weighted by Crippen LogP contribution is 2.46. The van der Waals surface area contributed by atoms with Gasteiger partial charge in [-0.2, -0.15) is 0 Å². The van der Waals surface area contributed by atoms with Crippen molar-refractivity contribution >= 4 is 19.0 Å². The van der Waals surface area contributed by atoms with Gasteiger partial charge in [0.05, 0.1) is 0 Å². The normalized spacial score (nSPS) is 22.5. The number of benzene rings is 1. The maximum Gasteiger partial charge on any atom is 0.335 e. The van der Waals surface area contributed by atoms with Gasteiger partial charge in [-0.1, -0.05) is 50.7 Å². The molecule has 1 aromatic carbocycles. The summed E-state index contributed by atoms with van der Waals surface area (Å²) in [6.45, 7) is 0. The molecule has 0 saturated heterocycles. The average molecular weight is 341 g/mol. The SMILES string of the molecule is OP(Cl)Oc1ccc(C2CCCCC2)cc1C1CCCCC1. The molecule has 1 aromatic rings. The minimum absolute atomic E-state index is 0.568. The molecular formula is C18H26ClO2P. The van der Waals surface area contributed by atoms with Crippen molar-refractivity contribution < 1.29 is 9.42 Å². The molecule has 3 rings (SSSR count). The van der Waals surface area contributed by atoms with Crippen molar-refractivity contribution in [3.8, 4) is 5.75 Å². The molecule has 0 heterocycles. The van der Waals surface area contributed by atoms with E-state index >= 15 is 0 Å². The predicted molar refractivity (Wildman–Crippen MR) is 93.7 cm³/mol. The zero-order valence-electron chi connectivity index (χ0n) is 13.1. The maximum atomic E-state index is 9.45. The lowest BCUT2D eigenvalue weighted by Gasteiger charge is -2.27. The molecule has 2 aliphatic rings. The number of rotatable bonds is 4. The van der Waals surface area contributed by atoms with Crippen LogP contribution in [0.5, 0.6) is 5.75 Å². The molecule has 0 spiro atoms. The first kappa shape index (κ1) is 16.6. The smallest absolute Gasteiger partial charge is 0.335 e. The van der Waals surface area contributed by atoms with Crippen LogP contribution in [-0.4, -0.2) is 4.89 Å². The summed E-state index contributed by atoms with van der Waals surface area (Å²) in [4.78, 5) is 9.45. The van der Waals surface area contributed by atoms with Crippen molar-refractivity contribution in [3.63, 3.8) is 0 Å². The third kappa shape index (κ3) is 4.16. The Balaban J connectivity index is 1.86. The minimum Gasteiger partial charge on any atom is -0.436 e. The van der Waals surface area contributed by atoms with Crippen LogP contribution >= 0.6 is 19.0 Å². The predicted octanol–water partition coefficient (Wildman–Crippen LogP) is 6.62. The van der Waals surface area contributed by atoms with E-state index in [1.807, 2.05) is 6.07 Å². The highest BCUT2D eigenvalue weighted by molar-refractivity contribution is 7.75. The van der Waals surface area contributed by atoms with Crippen molar-refractivity contribution in [1.82, 2.24) is 0 Å². The van der Waals surface area contributed by atoms with Gasteiger partial charge in [0.1, 0.15) is 5.75 Å². The van der Waals surface area contributed by atoms with Crippen LogP contribution in [0.1, 0.15) is 87.2 Å². The van der Waals surface area contributed by atoms with E-state index in [1.54, 1.807) is 0 Å². The van der Waals surface area contributed by atoms with E-state index in [-0.39, 0.29) is 0 Å². The summed E-state index contributed by atoms with van der Waals surface area (Å²) in [5.41, 5.74) is 2.74. The molecule has 22 heavy (non-hydrogen) atoms. The fourth-order valence-corrected chi connectivity index (χ4v) is 4.71. The van der Waals surface area contributed by atoms with Crippen LogP contribution in [0.3, 0.4) is 0 Å². The summed E-state index contributed by atoms with van der Waals surface area (Å²) in [6.07, 6.45) is 13.1. The Labute approximate surface area is 139 Å². The van der Waals surface area contributed by atoms with Crippen molar-refractivity contribution in [2.45, 2.75) is 76.0 Å². The van der Waals surface area contributed by atoms with Gasteiger partial charge < -0.3 is 9.42 Å². The van der Waals surface area contributed by atoms with Crippen molar-refractivity contribution in [1.29, 1.82) is 0 Å². The monoisotopic (exact) mass is 340 g/mol. The fourth-order valence-electron chi connectivity index (χ4n) is 4.15. The number of halogens is 1. The van der Waals surface area contributed by atoms with Crippen LogP contribution in [0.25, 0.3) is 0 Å². The molecule has 122 valence electrons. The quantitative estimate of drug-likeness (QED) is 0.624. The van der Waals surface area contributed by atoms with E-state index in [0.717, 1.165) is 5.75 Å². The second-order valence-electron chi connectivity index (χ2n) is 6.78. The third-order valence-corrected chi connectivity index (χ3v) is 5.88. The van der Waals surface area contributed by atoms with Crippen LogP contribution in [0, 0.1) is 0 Å². The first-order valence-corrected chi connectivity index (χ1v) is 10.8. The van der Waals surface area contributed by atoms with E-state index < -0.39 is 7.73 Å². The second kappa shape index (κ2) is 7.99. The summed E-state index contributed by atoms with van der Waals surface area (Å²) in [5.74, 6) is 2.07. The zero-order chi connectivity index (χ0) is 15.4. The molecular weight excluding hydrogens is 315 g/mol. The van der Waals surface area contributed by atoms with E-state index in [0.29, 0.717) is 11.8 Å². The van der Waals surface area contributed by atoms with Gasteiger partial charge in [-0.25, -0.2) is 0 Å². The molecule has 4 heteroatoms. The summed E-state index contributed by atoms with van der Waals surface area (Å²) in [5, 5.41) is 0. The summed E-state index contributed by atoms with van der Waals surface area (Å²) >= 11 is 5.71. The molecule has 2 aliphatic carbocycles. The van der Waals surface area contributed by atoms with Crippen molar-refractivity contribution in [2.24, 2.45) is 0 Å². The topological polar surface area (TPSA) is 29.5 Å². The van der Waals surface area contributed by atoms with Gasteiger partial charge in [0.2, 0.25) is 0 Å². The van der Waals surface area contributed by atoms with Gasteiger partial charge >= 0.3 is 7.73 Å². The molecule has 0 amide bonds. The van der Waals surface area contributed by atoms with E-state index in [1.165, 1.54) is 75.3 Å². The summed E-state index contributed by atoms with van der Waals surface area (Å²) in [7, 11) is -1.87. The standard InChI is InChI=1S/C18H26ClO2P/c19-22(20)21-18-12-11-16(14-7-3-1-4-8-14)13-17(18)15-9-5-2-6-10-15/h11-15,20H,1-10H2. The molecule has 2 saturated carbocycles. The average Bonchev–Trinajstić information content (AvgIpc) is 2.56. The Morgan fingerprint density at radius 2 is 1.50 bits per heavy atom. The van der Waals surface area contributed by atoms with Crippen molar-refractivity contribution in [2.75, 3.05) is 0 Å². The minimum atomic E-state index is -1.87. The third-order valence-electron chi connectivity index (χ3n) is 5.33. The van der Waals surface area contributed by atoms with Gasteiger partial charge in [0.15, 0.2) is 0 Å². The van der Waals surface area contributed by atoms with Gasteiger partial charge in [-0.05, 0) is 66.0 Å². The molecule has 1 atom stereocenters. The largest absolute Gasteiger partial charge is 0.436 e. The Hall–Kier alpha value is -0.300. The van der Waals surface area contributed by atoms with Crippen LogP contribution < -0.4 is 4.52 Å². The van der Waals surface area contributed by atoms with Gasteiger partial charge in [0, 0.05) is 0 Å². The van der Waals surface area contributed by atoms with E-state index in [9.17, 15) is 4.89 Å². The lowest BCUT2D eigenvalue weighted by Crippen LogP contribution is -2.09. The molecule has 0 bridgehead atoms. The molecule has 1 unspecified atom stereocenters. The molecule has 0 aliphatic heterocycles. The van der Waals surface area contributed by atoms with E-state index in [4.69, 9.17) is 15.8 Å². The Kier molecular flexibility index (Phi) is 6.02. The van der Waals surface area contributed by atoms with Crippen LogP contribution in [0.4, 0.5) is 0 Å². The first-order chi connectivity index (χ1) is 10.7. The lowest BCUT2D eigenvalue weighted by atomic mass is 9.79. The van der Waals surface area contributed by atoms with Gasteiger partial charge in [0.25, 0.3) is 0 Å². The van der Waals surface area contributed by atoms with Crippen LogP contribution in [0.15, 0.2) is 18.2 Å². The Bertz CT molecular complexity index is 480. The van der Waals surface area contributed by atoms with Gasteiger partial charge in [-0.15, -0.1) is 0 Å². The summed E-state index contributed by atoms with van der Waals surface area (Å²) in [6, 6.07) is 6.59. The van der Waals surface area contributed by atoms with Gasteiger partial charge in [-0.3, -0.25) is 0 Å². The Morgan fingerprint density at radius 1 is 0.909 bits per heavy atom. The van der Waals surface area contributed by atoms with Crippen LogP contribution in [-0.2, 0) is 0 Å². The molecule has 2 fully saturated rings. The zero-order valence-corrected chi connectivity index (χ0v) is 14.8. The number of hydrogen-bond donors (Lipinski definition) is 1. The molecule has 0 aromatic heterocycles.